The monoisotopic (exact) mass is 190 g/mol. The van der Waals surface area contributed by atoms with Gasteiger partial charge in [-0.25, -0.2) is 4.98 Å². The van der Waals surface area contributed by atoms with Crippen molar-refractivity contribution in [3.63, 3.8) is 0 Å². The van der Waals surface area contributed by atoms with Crippen molar-refractivity contribution in [1.29, 1.82) is 0 Å². The zero-order chi connectivity index (χ0) is 10.6. The molecule has 0 aliphatic carbocycles. The normalized spacial score (nSPS) is 12.4. The van der Waals surface area contributed by atoms with Crippen LogP contribution in [0.5, 0.6) is 0 Å². The largest absolute Gasteiger partial charge is 0.342 e. The summed E-state index contributed by atoms with van der Waals surface area (Å²) in [4.78, 5) is 7.35. The summed E-state index contributed by atoms with van der Waals surface area (Å²) >= 11 is 0. The molecule has 0 bridgehead atoms. The van der Waals surface area contributed by atoms with Crippen LogP contribution in [0.25, 0.3) is 5.57 Å². The molecule has 76 valence electrons. The lowest BCUT2D eigenvalue weighted by molar-refractivity contribution is 1.14. The molecule has 2 nitrogen and oxygen atoms in total. The van der Waals surface area contributed by atoms with E-state index in [1.54, 1.807) is 0 Å². The number of H-pyrrole nitrogens is 1. The SMILES string of the molecule is C=C(C)/C=C\C(=C/C)c1cnc(C)[nH]1.[HH]. The number of allylic oxidation sites excluding steroid dienone is 5. The van der Waals surface area contributed by atoms with E-state index in [0.29, 0.717) is 0 Å². The minimum Gasteiger partial charge on any atom is -0.342 e. The molecule has 0 radical (unpaired) electrons. The second kappa shape index (κ2) is 4.61. The molecule has 1 aromatic heterocycles. The molecule has 0 fully saturated rings. The highest BCUT2D eigenvalue weighted by molar-refractivity contribution is 5.71. The summed E-state index contributed by atoms with van der Waals surface area (Å²) in [7, 11) is 0. The van der Waals surface area contributed by atoms with E-state index in [9.17, 15) is 0 Å². The van der Waals surface area contributed by atoms with Crippen molar-refractivity contribution in [1.82, 2.24) is 9.97 Å². The highest BCUT2D eigenvalue weighted by Gasteiger charge is 1.99. The molecule has 0 aliphatic heterocycles. The van der Waals surface area contributed by atoms with Crippen LogP contribution in [0.4, 0.5) is 0 Å². The van der Waals surface area contributed by atoms with E-state index in [4.69, 9.17) is 0 Å². The van der Waals surface area contributed by atoms with Gasteiger partial charge in [-0.05, 0) is 26.3 Å². The predicted molar refractivity (Wildman–Crippen MR) is 63.0 cm³/mol. The van der Waals surface area contributed by atoms with Gasteiger partial charge in [0.2, 0.25) is 0 Å². The van der Waals surface area contributed by atoms with Gasteiger partial charge in [-0.15, -0.1) is 0 Å². The summed E-state index contributed by atoms with van der Waals surface area (Å²) in [5, 5.41) is 0. The third-order valence-corrected chi connectivity index (χ3v) is 1.87. The maximum Gasteiger partial charge on any atom is 0.103 e. The topological polar surface area (TPSA) is 28.7 Å². The van der Waals surface area contributed by atoms with Gasteiger partial charge < -0.3 is 4.98 Å². The Balaban J connectivity index is 0.00000196. The Morgan fingerprint density at radius 2 is 2.29 bits per heavy atom. The van der Waals surface area contributed by atoms with Gasteiger partial charge >= 0.3 is 0 Å². The molecule has 2 heteroatoms. The second-order valence-electron chi connectivity index (χ2n) is 3.31. The third kappa shape index (κ3) is 2.73. The van der Waals surface area contributed by atoms with Crippen molar-refractivity contribution in [3.05, 3.63) is 48.1 Å². The summed E-state index contributed by atoms with van der Waals surface area (Å²) in [6.45, 7) is 9.75. The molecule has 0 aromatic carbocycles. The van der Waals surface area contributed by atoms with Gasteiger partial charge in [-0.1, -0.05) is 30.4 Å². The van der Waals surface area contributed by atoms with E-state index in [1.165, 1.54) is 0 Å². The Kier molecular flexibility index (Phi) is 3.46. The zero-order valence-electron chi connectivity index (χ0n) is 8.96. The minimum absolute atomic E-state index is 0. The Labute approximate surface area is 86.6 Å². The van der Waals surface area contributed by atoms with E-state index < -0.39 is 0 Å². The first-order valence-corrected chi connectivity index (χ1v) is 4.65. The van der Waals surface area contributed by atoms with Gasteiger partial charge in [0.15, 0.2) is 0 Å². The van der Waals surface area contributed by atoms with Gasteiger partial charge in [0.25, 0.3) is 0 Å². The molecule has 14 heavy (non-hydrogen) atoms. The lowest BCUT2D eigenvalue weighted by Gasteiger charge is -1.96. The number of nitrogens with one attached hydrogen (secondary N) is 1. The quantitative estimate of drug-likeness (QED) is 0.726. The average Bonchev–Trinajstić information content (AvgIpc) is 2.53. The fourth-order valence-corrected chi connectivity index (χ4v) is 1.14. The summed E-state index contributed by atoms with van der Waals surface area (Å²) < 4.78 is 0. The van der Waals surface area contributed by atoms with E-state index in [-0.39, 0.29) is 1.43 Å². The number of aromatic amines is 1. The highest BCUT2D eigenvalue weighted by atomic mass is 14.9. The van der Waals surface area contributed by atoms with E-state index in [2.05, 4.69) is 16.5 Å². The maximum atomic E-state index is 4.16. The highest BCUT2D eigenvalue weighted by Crippen LogP contribution is 2.13. The fourth-order valence-electron chi connectivity index (χ4n) is 1.14. The Morgan fingerprint density at radius 1 is 1.57 bits per heavy atom. The first kappa shape index (κ1) is 10.5. The summed E-state index contributed by atoms with van der Waals surface area (Å²) in [6.07, 6.45) is 7.92. The molecule has 0 saturated carbocycles. The molecule has 0 atom stereocenters. The molecule has 0 spiro atoms. The van der Waals surface area contributed by atoms with Crippen LogP contribution in [-0.2, 0) is 0 Å². The number of aryl methyl sites for hydroxylation is 1. The first-order valence-electron chi connectivity index (χ1n) is 4.65. The van der Waals surface area contributed by atoms with Gasteiger partial charge in [0.1, 0.15) is 5.82 Å². The predicted octanol–water partition coefficient (Wildman–Crippen LogP) is 3.50. The molecular weight excluding hydrogens is 172 g/mol. The molecule has 0 unspecified atom stereocenters. The molecule has 0 amide bonds. The lowest BCUT2D eigenvalue weighted by atomic mass is 10.1. The standard InChI is InChI=1S/C12H16N2.H2/c1-5-11(7-6-9(2)3)12-8-13-10(4)14-12;/h5-8H,2H2,1,3-4H3,(H,13,14);1H/b7-6-,11-5+;. The maximum absolute atomic E-state index is 4.16. The van der Waals surface area contributed by atoms with Gasteiger partial charge in [0, 0.05) is 1.43 Å². The number of rotatable bonds is 3. The van der Waals surface area contributed by atoms with Gasteiger partial charge in [-0.2, -0.15) is 0 Å². The smallest absolute Gasteiger partial charge is 0.103 e. The summed E-state index contributed by atoms with van der Waals surface area (Å²) in [5.74, 6) is 0.933. The lowest BCUT2D eigenvalue weighted by Crippen LogP contribution is -1.80. The van der Waals surface area contributed by atoms with Crippen LogP contribution in [-0.4, -0.2) is 9.97 Å². The average molecular weight is 190 g/mol. The number of imidazole rings is 1. The molecular formula is C12H18N2. The molecule has 1 N–H and O–H groups in total. The molecule has 1 aromatic rings. The van der Waals surface area contributed by atoms with Crippen molar-refractivity contribution >= 4 is 5.57 Å². The first-order chi connectivity index (χ1) is 6.63. The van der Waals surface area contributed by atoms with Crippen molar-refractivity contribution in [2.75, 3.05) is 0 Å². The van der Waals surface area contributed by atoms with Crippen LogP contribution in [0.3, 0.4) is 0 Å². The van der Waals surface area contributed by atoms with E-state index >= 15 is 0 Å². The van der Waals surface area contributed by atoms with E-state index in [0.717, 1.165) is 22.7 Å². The van der Waals surface area contributed by atoms with Crippen molar-refractivity contribution in [3.8, 4) is 0 Å². The van der Waals surface area contributed by atoms with Crippen LogP contribution >= 0.6 is 0 Å². The van der Waals surface area contributed by atoms with Crippen LogP contribution in [0.2, 0.25) is 0 Å². The van der Waals surface area contributed by atoms with Crippen LogP contribution in [0.15, 0.2) is 36.6 Å². The zero-order valence-corrected chi connectivity index (χ0v) is 8.96. The van der Waals surface area contributed by atoms with Crippen LogP contribution < -0.4 is 0 Å². The summed E-state index contributed by atoms with van der Waals surface area (Å²) in [6, 6.07) is 0. The van der Waals surface area contributed by atoms with Crippen molar-refractivity contribution in [2.24, 2.45) is 0 Å². The number of hydrogen-bond donors (Lipinski definition) is 1. The third-order valence-electron chi connectivity index (χ3n) is 1.87. The number of aromatic nitrogens is 2. The van der Waals surface area contributed by atoms with Crippen molar-refractivity contribution < 1.29 is 1.43 Å². The Hall–Kier alpha value is -1.57. The minimum atomic E-state index is 0. The number of hydrogen-bond acceptors (Lipinski definition) is 1. The molecule has 1 rings (SSSR count). The fraction of sp³-hybridized carbons (Fsp3) is 0.250. The van der Waals surface area contributed by atoms with Crippen molar-refractivity contribution in [2.45, 2.75) is 20.8 Å². The second-order valence-corrected chi connectivity index (χ2v) is 3.31. The van der Waals surface area contributed by atoms with Gasteiger partial charge in [-0.3, -0.25) is 0 Å². The van der Waals surface area contributed by atoms with Crippen LogP contribution in [0, 0.1) is 6.92 Å². The molecule has 1 heterocycles. The van der Waals surface area contributed by atoms with E-state index in [1.807, 2.05) is 45.2 Å². The summed E-state index contributed by atoms with van der Waals surface area (Å²) in [5.41, 5.74) is 3.22. The molecule has 0 aliphatic rings. The Morgan fingerprint density at radius 3 is 2.71 bits per heavy atom. The molecule has 0 saturated heterocycles. The van der Waals surface area contributed by atoms with Gasteiger partial charge in [0.05, 0.1) is 11.9 Å². The number of nitrogens with zero attached hydrogens (tertiary/aromatic N) is 1. The van der Waals surface area contributed by atoms with Crippen LogP contribution in [0.1, 0.15) is 26.8 Å². The Bertz CT molecular complexity index is 386.